The highest BCUT2D eigenvalue weighted by atomic mass is 16.5. The first-order valence-corrected chi connectivity index (χ1v) is 8.08. The third-order valence-corrected chi connectivity index (χ3v) is 4.41. The lowest BCUT2D eigenvalue weighted by molar-refractivity contribution is 0.0185. The Morgan fingerprint density at radius 1 is 1.15 bits per heavy atom. The van der Waals surface area contributed by atoms with Gasteiger partial charge in [0.2, 0.25) is 0 Å². The number of hydrogen-bond donors (Lipinski definition) is 1. The lowest BCUT2D eigenvalue weighted by atomic mass is 10.00. The van der Waals surface area contributed by atoms with Gasteiger partial charge in [-0.25, -0.2) is 0 Å². The molecule has 3 heteroatoms. The number of rotatable bonds is 5. The first kappa shape index (κ1) is 14.1. The second-order valence-corrected chi connectivity index (χ2v) is 5.91. The number of piperidine rings is 1. The zero-order chi connectivity index (χ0) is 13.6. The van der Waals surface area contributed by atoms with Crippen molar-refractivity contribution in [2.75, 3.05) is 32.8 Å². The summed E-state index contributed by atoms with van der Waals surface area (Å²) in [5.41, 5.74) is 2.77. The number of ether oxygens (including phenoxy) is 1. The number of fused-ring (bicyclic) bond motifs is 1. The molecule has 0 bridgehead atoms. The van der Waals surface area contributed by atoms with Crippen LogP contribution in [0.2, 0.25) is 0 Å². The number of hydrogen-bond acceptors (Lipinski definition) is 3. The zero-order valence-corrected chi connectivity index (χ0v) is 12.3. The molecule has 2 heterocycles. The molecule has 3 nitrogen and oxygen atoms in total. The molecule has 110 valence electrons. The largest absolute Gasteiger partial charge is 0.359 e. The van der Waals surface area contributed by atoms with Crippen LogP contribution >= 0.6 is 0 Å². The van der Waals surface area contributed by atoms with Gasteiger partial charge in [0.15, 0.2) is 0 Å². The van der Waals surface area contributed by atoms with Crippen molar-refractivity contribution in [3.8, 4) is 0 Å². The van der Waals surface area contributed by atoms with E-state index in [9.17, 15) is 0 Å². The quantitative estimate of drug-likeness (QED) is 0.836. The fraction of sp³-hybridized carbons (Fsp3) is 0.647. The van der Waals surface area contributed by atoms with Crippen LogP contribution in [0.4, 0.5) is 0 Å². The zero-order valence-electron chi connectivity index (χ0n) is 12.3. The topological polar surface area (TPSA) is 24.5 Å². The molecule has 1 fully saturated rings. The second kappa shape index (κ2) is 7.21. The number of nitrogens with one attached hydrogen (secondary N) is 1. The molecule has 0 amide bonds. The van der Waals surface area contributed by atoms with Gasteiger partial charge in [-0.05, 0) is 49.9 Å². The van der Waals surface area contributed by atoms with Crippen LogP contribution in [0.15, 0.2) is 24.3 Å². The van der Waals surface area contributed by atoms with E-state index in [0.717, 1.165) is 26.0 Å². The van der Waals surface area contributed by atoms with E-state index in [1.165, 1.54) is 50.0 Å². The maximum atomic E-state index is 6.06. The summed E-state index contributed by atoms with van der Waals surface area (Å²) in [6.07, 6.45) is 6.51. The predicted octanol–water partition coefficient (Wildman–Crippen LogP) is 2.72. The third-order valence-electron chi connectivity index (χ3n) is 4.41. The average molecular weight is 274 g/mol. The summed E-state index contributed by atoms with van der Waals surface area (Å²) in [6.45, 7) is 5.62. The van der Waals surface area contributed by atoms with Gasteiger partial charge in [-0.15, -0.1) is 0 Å². The monoisotopic (exact) mass is 274 g/mol. The van der Waals surface area contributed by atoms with Gasteiger partial charge in [0.25, 0.3) is 0 Å². The van der Waals surface area contributed by atoms with Crippen molar-refractivity contribution in [3.05, 3.63) is 35.4 Å². The molecule has 0 spiro atoms. The minimum Gasteiger partial charge on any atom is -0.359 e. The summed E-state index contributed by atoms with van der Waals surface area (Å²) in [4.78, 5) is 2.58. The van der Waals surface area contributed by atoms with Gasteiger partial charge in [0.1, 0.15) is 6.23 Å². The van der Waals surface area contributed by atoms with Crippen molar-refractivity contribution in [1.82, 2.24) is 10.2 Å². The Kier molecular flexibility index (Phi) is 5.06. The highest BCUT2D eigenvalue weighted by Gasteiger charge is 2.19. The van der Waals surface area contributed by atoms with Crippen LogP contribution in [0.5, 0.6) is 0 Å². The lowest BCUT2D eigenvalue weighted by Crippen LogP contribution is -2.33. The molecular weight excluding hydrogens is 248 g/mol. The Morgan fingerprint density at radius 3 is 2.90 bits per heavy atom. The van der Waals surface area contributed by atoms with Gasteiger partial charge < -0.3 is 9.64 Å². The first-order valence-electron chi connectivity index (χ1n) is 8.08. The smallest absolute Gasteiger partial charge is 0.134 e. The van der Waals surface area contributed by atoms with E-state index in [-0.39, 0.29) is 6.23 Å². The third kappa shape index (κ3) is 3.60. The Hall–Kier alpha value is -0.900. The van der Waals surface area contributed by atoms with E-state index in [4.69, 9.17) is 4.74 Å². The Labute approximate surface area is 122 Å². The molecule has 0 saturated carbocycles. The van der Waals surface area contributed by atoms with Gasteiger partial charge >= 0.3 is 0 Å². The summed E-state index contributed by atoms with van der Waals surface area (Å²) in [5.74, 6) is 0. The fourth-order valence-electron chi connectivity index (χ4n) is 3.29. The summed E-state index contributed by atoms with van der Waals surface area (Å²) >= 11 is 0. The van der Waals surface area contributed by atoms with Crippen LogP contribution in [-0.4, -0.2) is 37.7 Å². The Morgan fingerprint density at radius 2 is 2.00 bits per heavy atom. The van der Waals surface area contributed by atoms with Gasteiger partial charge in [-0.2, -0.15) is 0 Å². The van der Waals surface area contributed by atoms with Crippen molar-refractivity contribution in [2.24, 2.45) is 0 Å². The van der Waals surface area contributed by atoms with Gasteiger partial charge in [-0.1, -0.05) is 30.7 Å². The average Bonchev–Trinajstić information content (AvgIpc) is 2.53. The Bertz CT molecular complexity index is 415. The molecule has 0 radical (unpaired) electrons. The van der Waals surface area contributed by atoms with Crippen molar-refractivity contribution in [1.29, 1.82) is 0 Å². The van der Waals surface area contributed by atoms with E-state index < -0.39 is 0 Å². The van der Waals surface area contributed by atoms with Crippen LogP contribution in [-0.2, 0) is 11.2 Å². The molecular formula is C17H26N2O. The van der Waals surface area contributed by atoms with E-state index in [1.54, 1.807) is 0 Å². The predicted molar refractivity (Wildman–Crippen MR) is 81.7 cm³/mol. The fourth-order valence-corrected chi connectivity index (χ4v) is 3.29. The summed E-state index contributed by atoms with van der Waals surface area (Å²) in [5, 5.41) is 3.48. The van der Waals surface area contributed by atoms with Crippen molar-refractivity contribution in [3.63, 3.8) is 0 Å². The standard InChI is InChI=1S/C17H26N2O/c1-4-11-19(12-5-1)13-6-14-20-17-16-8-3-2-7-15(16)9-10-18-17/h2-3,7-8,17-18H,1,4-6,9-14H2. The Balaban J connectivity index is 1.43. The molecule has 1 aromatic rings. The molecule has 1 saturated heterocycles. The maximum absolute atomic E-state index is 6.06. The van der Waals surface area contributed by atoms with E-state index in [2.05, 4.69) is 34.5 Å². The van der Waals surface area contributed by atoms with Crippen molar-refractivity contribution < 1.29 is 4.74 Å². The number of nitrogens with zero attached hydrogens (tertiary/aromatic N) is 1. The highest BCUT2D eigenvalue weighted by Crippen LogP contribution is 2.23. The summed E-state index contributed by atoms with van der Waals surface area (Å²) < 4.78 is 6.06. The molecule has 0 aliphatic carbocycles. The summed E-state index contributed by atoms with van der Waals surface area (Å²) in [6, 6.07) is 8.64. The van der Waals surface area contributed by atoms with E-state index >= 15 is 0 Å². The van der Waals surface area contributed by atoms with Gasteiger partial charge in [0.05, 0.1) is 6.61 Å². The number of likely N-dealkylation sites (tertiary alicyclic amines) is 1. The normalized spacial score (nSPS) is 23.5. The molecule has 2 aliphatic heterocycles. The van der Waals surface area contributed by atoms with Crippen LogP contribution in [0.1, 0.15) is 43.0 Å². The minimum absolute atomic E-state index is 0.0984. The number of benzene rings is 1. The molecule has 2 aliphatic rings. The van der Waals surface area contributed by atoms with Crippen LogP contribution in [0, 0.1) is 0 Å². The van der Waals surface area contributed by atoms with E-state index in [1.807, 2.05) is 0 Å². The highest BCUT2D eigenvalue weighted by molar-refractivity contribution is 5.30. The first-order chi connectivity index (χ1) is 9.93. The van der Waals surface area contributed by atoms with Crippen molar-refractivity contribution in [2.45, 2.75) is 38.3 Å². The van der Waals surface area contributed by atoms with E-state index in [0.29, 0.717) is 0 Å². The minimum atomic E-state index is 0.0984. The second-order valence-electron chi connectivity index (χ2n) is 5.91. The molecule has 1 unspecified atom stereocenters. The van der Waals surface area contributed by atoms with Gasteiger partial charge in [-0.3, -0.25) is 5.32 Å². The lowest BCUT2D eigenvalue weighted by Gasteiger charge is -2.28. The molecule has 1 N–H and O–H groups in total. The van der Waals surface area contributed by atoms with Crippen LogP contribution in [0.25, 0.3) is 0 Å². The maximum Gasteiger partial charge on any atom is 0.134 e. The van der Waals surface area contributed by atoms with Crippen molar-refractivity contribution >= 4 is 0 Å². The summed E-state index contributed by atoms with van der Waals surface area (Å²) in [7, 11) is 0. The molecule has 20 heavy (non-hydrogen) atoms. The van der Waals surface area contributed by atoms with Crippen LogP contribution in [0.3, 0.4) is 0 Å². The molecule has 1 atom stereocenters. The SMILES string of the molecule is c1ccc2c(c1)CCNC2OCCCN1CCCCC1. The van der Waals surface area contributed by atoms with Crippen LogP contribution < -0.4 is 5.32 Å². The molecule has 3 rings (SSSR count). The molecule has 0 aromatic heterocycles. The van der Waals surface area contributed by atoms with Gasteiger partial charge in [0, 0.05) is 13.1 Å². The molecule has 1 aromatic carbocycles.